The number of hydrogen-bond donors (Lipinski definition) is 3. The summed E-state index contributed by atoms with van der Waals surface area (Å²) in [4.78, 5) is 32.8. The number of alkyl halides is 2. The molecule has 0 fully saturated rings. The van der Waals surface area contributed by atoms with Gasteiger partial charge in [0, 0.05) is 29.6 Å². The second-order valence-electron chi connectivity index (χ2n) is 6.45. The lowest BCUT2D eigenvalue weighted by molar-refractivity contribution is -0.112. The van der Waals surface area contributed by atoms with Crippen LogP contribution in [0.1, 0.15) is 29.4 Å². The smallest absolute Gasteiger partial charge is 0.280 e. The molecule has 2 amide bonds. The van der Waals surface area contributed by atoms with E-state index in [0.717, 1.165) is 29.8 Å². The number of amides is 2. The maximum atomic E-state index is 13.3. The first kappa shape index (κ1) is 23.5. The van der Waals surface area contributed by atoms with Crippen molar-refractivity contribution in [1.82, 2.24) is 20.2 Å². The highest BCUT2D eigenvalue weighted by atomic mass is 32.1. The van der Waals surface area contributed by atoms with Gasteiger partial charge in [0.1, 0.15) is 22.8 Å². The van der Waals surface area contributed by atoms with Gasteiger partial charge in [-0.25, -0.2) is 13.8 Å². The Kier molecular flexibility index (Phi) is 7.46. The number of carbonyl (C=O) groups excluding carboxylic acids is 2. The molecule has 13 heteroatoms. The molecule has 170 valence electrons. The van der Waals surface area contributed by atoms with Crippen LogP contribution in [0.5, 0.6) is 5.75 Å². The summed E-state index contributed by atoms with van der Waals surface area (Å²) < 4.78 is 31.9. The highest BCUT2D eigenvalue weighted by molar-refractivity contribution is 7.13. The molecule has 3 aromatic heterocycles. The van der Waals surface area contributed by atoms with E-state index >= 15 is 0 Å². The number of nitrogens with one attached hydrogen (secondary N) is 3. The van der Waals surface area contributed by atoms with Gasteiger partial charge in [-0.2, -0.15) is 0 Å². The van der Waals surface area contributed by atoms with Gasteiger partial charge in [-0.3, -0.25) is 19.9 Å². The summed E-state index contributed by atoms with van der Waals surface area (Å²) in [6, 6.07) is 2.46. The Hall–Kier alpha value is -4.13. The summed E-state index contributed by atoms with van der Waals surface area (Å²) in [5.74, 6) is -0.999. The predicted octanol–water partition coefficient (Wildman–Crippen LogP) is 3.73. The summed E-state index contributed by atoms with van der Waals surface area (Å²) in [7, 11) is 1.33. The number of hydrogen-bond acceptors (Lipinski definition) is 9. The molecule has 0 unspecified atom stereocenters. The monoisotopic (exact) mass is 473 g/mol. The van der Waals surface area contributed by atoms with Crippen molar-refractivity contribution in [2.75, 3.05) is 17.7 Å². The molecule has 0 bridgehead atoms. The standard InChI is InChI=1S/C20H17F2N7O3S/c1-10(6-23)3-17(30)27-16-5-11(12-4-14(18(21)22)24-8-15(12)32-2)13(7-25-16)19(31)28-20-29-26-9-33-20/h3-9,18,23H,1-2H3,(H,25,27,30)(H,28,29,31)/b10-3-,23-6?. The Morgan fingerprint density at radius 2 is 1.97 bits per heavy atom. The number of halogens is 2. The van der Waals surface area contributed by atoms with Crippen LogP contribution in [0.4, 0.5) is 19.7 Å². The Morgan fingerprint density at radius 3 is 2.61 bits per heavy atom. The lowest BCUT2D eigenvalue weighted by Gasteiger charge is -2.15. The normalized spacial score (nSPS) is 11.2. The zero-order valence-electron chi connectivity index (χ0n) is 17.3. The van der Waals surface area contributed by atoms with E-state index in [-0.39, 0.29) is 33.4 Å². The molecule has 3 N–H and O–H groups in total. The maximum Gasteiger partial charge on any atom is 0.280 e. The lowest BCUT2D eigenvalue weighted by atomic mass is 10.00. The lowest BCUT2D eigenvalue weighted by Crippen LogP contribution is -2.16. The van der Waals surface area contributed by atoms with Gasteiger partial charge in [0.25, 0.3) is 12.3 Å². The Morgan fingerprint density at radius 1 is 1.18 bits per heavy atom. The van der Waals surface area contributed by atoms with Gasteiger partial charge < -0.3 is 15.5 Å². The molecule has 0 aliphatic rings. The molecule has 0 spiro atoms. The molecule has 33 heavy (non-hydrogen) atoms. The molecule has 0 saturated carbocycles. The van der Waals surface area contributed by atoms with Gasteiger partial charge in [0.05, 0.1) is 18.9 Å². The van der Waals surface area contributed by atoms with E-state index < -0.39 is 23.9 Å². The molecule has 10 nitrogen and oxygen atoms in total. The first-order valence-electron chi connectivity index (χ1n) is 9.22. The average Bonchev–Trinajstić information content (AvgIpc) is 3.31. The summed E-state index contributed by atoms with van der Waals surface area (Å²) in [6.45, 7) is 1.57. The first-order valence-corrected chi connectivity index (χ1v) is 10.1. The van der Waals surface area contributed by atoms with Crippen LogP contribution in [0.2, 0.25) is 0 Å². The van der Waals surface area contributed by atoms with Crippen LogP contribution in [0.3, 0.4) is 0 Å². The molecule has 0 aliphatic carbocycles. The molecule has 0 atom stereocenters. The molecular weight excluding hydrogens is 456 g/mol. The van der Waals surface area contributed by atoms with Crippen molar-refractivity contribution in [3.8, 4) is 16.9 Å². The van der Waals surface area contributed by atoms with Crippen LogP contribution in [0.25, 0.3) is 11.1 Å². The third kappa shape index (κ3) is 5.77. The van der Waals surface area contributed by atoms with Crippen molar-refractivity contribution in [2.45, 2.75) is 13.3 Å². The van der Waals surface area contributed by atoms with Crippen molar-refractivity contribution >= 4 is 40.3 Å². The molecule has 0 saturated heterocycles. The summed E-state index contributed by atoms with van der Waals surface area (Å²) in [5.41, 5.74) is 1.63. The fraction of sp³-hybridized carbons (Fsp3) is 0.150. The Labute approximate surface area is 190 Å². The number of allylic oxidation sites excluding steroid dienone is 1. The molecular formula is C20H17F2N7O3S. The van der Waals surface area contributed by atoms with Crippen molar-refractivity contribution in [2.24, 2.45) is 0 Å². The molecule has 0 aliphatic heterocycles. The number of pyridine rings is 2. The topological polar surface area (TPSA) is 143 Å². The van der Waals surface area contributed by atoms with Crippen molar-refractivity contribution in [1.29, 1.82) is 5.41 Å². The minimum absolute atomic E-state index is 0.0131. The second kappa shape index (κ2) is 10.5. The minimum Gasteiger partial charge on any atom is -0.494 e. The maximum absolute atomic E-state index is 13.3. The summed E-state index contributed by atoms with van der Waals surface area (Å²) in [6.07, 6.45) is 1.65. The van der Waals surface area contributed by atoms with Gasteiger partial charge in [-0.1, -0.05) is 11.3 Å². The van der Waals surface area contributed by atoms with Gasteiger partial charge in [0.2, 0.25) is 11.0 Å². The average molecular weight is 473 g/mol. The van der Waals surface area contributed by atoms with E-state index in [1.54, 1.807) is 6.92 Å². The summed E-state index contributed by atoms with van der Waals surface area (Å²) >= 11 is 1.09. The zero-order chi connectivity index (χ0) is 24.0. The number of methoxy groups -OCH3 is 1. The molecule has 3 rings (SSSR count). The number of carbonyl (C=O) groups is 2. The van der Waals surface area contributed by atoms with Gasteiger partial charge in [-0.05, 0) is 24.6 Å². The molecule has 0 radical (unpaired) electrons. The fourth-order valence-corrected chi connectivity index (χ4v) is 3.12. The molecule has 3 aromatic rings. The summed E-state index contributed by atoms with van der Waals surface area (Å²) in [5, 5.41) is 19.9. The quantitative estimate of drug-likeness (QED) is 0.334. The van der Waals surface area contributed by atoms with E-state index in [1.807, 2.05) is 0 Å². The van der Waals surface area contributed by atoms with E-state index in [2.05, 4.69) is 30.8 Å². The number of anilines is 2. The van der Waals surface area contributed by atoms with Gasteiger partial charge in [-0.15, -0.1) is 10.2 Å². The van der Waals surface area contributed by atoms with E-state index in [9.17, 15) is 18.4 Å². The number of aromatic nitrogens is 4. The third-order valence-electron chi connectivity index (χ3n) is 4.19. The largest absolute Gasteiger partial charge is 0.494 e. The van der Waals surface area contributed by atoms with Crippen LogP contribution in [0.15, 0.2) is 41.7 Å². The van der Waals surface area contributed by atoms with E-state index in [0.29, 0.717) is 5.57 Å². The van der Waals surface area contributed by atoms with Crippen LogP contribution in [-0.4, -0.2) is 45.3 Å². The SMILES string of the molecule is COc1cnc(C(F)F)cc1-c1cc(NC(=O)/C=C(/C)C=N)ncc1C(=O)Nc1nncs1. The highest BCUT2D eigenvalue weighted by Gasteiger charge is 2.21. The zero-order valence-corrected chi connectivity index (χ0v) is 18.1. The second-order valence-corrected chi connectivity index (χ2v) is 7.28. The van der Waals surface area contributed by atoms with E-state index in [1.165, 1.54) is 31.0 Å². The van der Waals surface area contributed by atoms with Crippen molar-refractivity contribution in [3.63, 3.8) is 0 Å². The minimum atomic E-state index is -2.86. The fourth-order valence-electron chi connectivity index (χ4n) is 2.68. The molecule has 0 aromatic carbocycles. The van der Waals surface area contributed by atoms with Crippen molar-refractivity contribution < 1.29 is 23.1 Å². The Balaban J connectivity index is 2.11. The van der Waals surface area contributed by atoms with Crippen LogP contribution >= 0.6 is 11.3 Å². The van der Waals surface area contributed by atoms with Gasteiger partial charge in [0.15, 0.2) is 0 Å². The van der Waals surface area contributed by atoms with Crippen LogP contribution < -0.4 is 15.4 Å². The van der Waals surface area contributed by atoms with Crippen molar-refractivity contribution in [3.05, 3.63) is 52.9 Å². The number of nitrogens with zero attached hydrogens (tertiary/aromatic N) is 4. The number of rotatable bonds is 8. The van der Waals surface area contributed by atoms with E-state index in [4.69, 9.17) is 10.1 Å². The highest BCUT2D eigenvalue weighted by Crippen LogP contribution is 2.35. The predicted molar refractivity (Wildman–Crippen MR) is 118 cm³/mol. The Bertz CT molecular complexity index is 1220. The third-order valence-corrected chi connectivity index (χ3v) is 4.80. The molecule has 3 heterocycles. The van der Waals surface area contributed by atoms with Crippen LogP contribution in [0, 0.1) is 5.41 Å². The van der Waals surface area contributed by atoms with Crippen LogP contribution in [-0.2, 0) is 4.79 Å². The number of ether oxygens (including phenoxy) is 1. The van der Waals surface area contributed by atoms with Gasteiger partial charge >= 0.3 is 0 Å². The first-order chi connectivity index (χ1) is 15.8.